The molecule has 2 rings (SSSR count). The van der Waals surface area contributed by atoms with Crippen LogP contribution in [-0.2, 0) is 11.2 Å². The fraction of sp³-hybridized carbons (Fsp3) is 0.429. The molecule has 0 saturated heterocycles. The van der Waals surface area contributed by atoms with E-state index in [1.54, 1.807) is 0 Å². The molecule has 16 heavy (non-hydrogen) atoms. The molecule has 0 saturated carbocycles. The van der Waals surface area contributed by atoms with Crippen molar-refractivity contribution in [3.05, 3.63) is 35.7 Å². The molecule has 0 spiro atoms. The molecule has 1 amide bonds. The van der Waals surface area contributed by atoms with Gasteiger partial charge in [0.25, 0.3) is 0 Å². The minimum Gasteiger partial charge on any atom is -0.326 e. The molecule has 1 radical (unpaired) electrons. The second-order valence-electron chi connectivity index (χ2n) is 5.48. The molecule has 1 aromatic carbocycles. The summed E-state index contributed by atoms with van der Waals surface area (Å²) in [4.78, 5) is 11.2. The predicted octanol–water partition coefficient (Wildman–Crippen LogP) is 3.17. The van der Waals surface area contributed by atoms with Gasteiger partial charge in [0.1, 0.15) is 0 Å². The van der Waals surface area contributed by atoms with E-state index in [9.17, 15) is 4.79 Å². The lowest BCUT2D eigenvalue weighted by molar-refractivity contribution is -0.116. The van der Waals surface area contributed by atoms with Crippen LogP contribution in [0.5, 0.6) is 0 Å². The maximum atomic E-state index is 11.2. The first-order valence-corrected chi connectivity index (χ1v) is 5.73. The summed E-state index contributed by atoms with van der Waals surface area (Å²) >= 11 is 0. The molecule has 1 N–H and O–H groups in total. The topological polar surface area (TPSA) is 29.1 Å². The average molecular weight is 216 g/mol. The first kappa shape index (κ1) is 11.2. The van der Waals surface area contributed by atoms with Crippen LogP contribution in [0.4, 0.5) is 5.69 Å². The predicted molar refractivity (Wildman–Crippen MR) is 66.2 cm³/mol. The number of aryl methyl sites for hydroxylation is 1. The SMILES string of the molecule is CC(C)(C)[CH]c1ccc2c(c1)CCC(=O)N2. The summed E-state index contributed by atoms with van der Waals surface area (Å²) in [6, 6.07) is 6.25. The van der Waals surface area contributed by atoms with E-state index in [0.717, 1.165) is 12.1 Å². The number of hydrogen-bond acceptors (Lipinski definition) is 1. The van der Waals surface area contributed by atoms with Crippen molar-refractivity contribution in [2.24, 2.45) is 5.41 Å². The molecule has 0 atom stereocenters. The Hall–Kier alpha value is -1.31. The van der Waals surface area contributed by atoms with Gasteiger partial charge in [-0.2, -0.15) is 0 Å². The van der Waals surface area contributed by atoms with Crippen molar-refractivity contribution in [1.29, 1.82) is 0 Å². The second-order valence-corrected chi connectivity index (χ2v) is 5.48. The molecule has 1 aromatic rings. The Bertz CT molecular complexity index is 415. The molecular formula is C14H18NO. The van der Waals surface area contributed by atoms with Crippen LogP contribution in [0.3, 0.4) is 0 Å². The zero-order chi connectivity index (χ0) is 11.8. The van der Waals surface area contributed by atoms with E-state index >= 15 is 0 Å². The largest absolute Gasteiger partial charge is 0.326 e. The first-order chi connectivity index (χ1) is 7.44. The van der Waals surface area contributed by atoms with E-state index in [4.69, 9.17) is 0 Å². The first-order valence-electron chi connectivity index (χ1n) is 5.73. The van der Waals surface area contributed by atoms with Crippen LogP contribution in [0.25, 0.3) is 0 Å². The van der Waals surface area contributed by atoms with Gasteiger partial charge in [-0.25, -0.2) is 0 Å². The lowest BCUT2D eigenvalue weighted by Gasteiger charge is -2.21. The highest BCUT2D eigenvalue weighted by Gasteiger charge is 2.17. The number of nitrogens with one attached hydrogen (secondary N) is 1. The number of fused-ring (bicyclic) bond motifs is 1. The number of hydrogen-bond donors (Lipinski definition) is 1. The van der Waals surface area contributed by atoms with Crippen LogP contribution in [0.1, 0.15) is 38.3 Å². The Morgan fingerprint density at radius 1 is 1.25 bits per heavy atom. The molecule has 0 bridgehead atoms. The highest BCUT2D eigenvalue weighted by Crippen LogP contribution is 2.28. The van der Waals surface area contributed by atoms with Crippen molar-refractivity contribution >= 4 is 11.6 Å². The number of rotatable bonds is 1. The number of carbonyl (C=O) groups is 1. The minimum atomic E-state index is 0.125. The molecule has 0 fully saturated rings. The normalized spacial score (nSPS) is 15.6. The summed E-state index contributed by atoms with van der Waals surface area (Å²) in [6.45, 7) is 6.57. The van der Waals surface area contributed by atoms with Crippen LogP contribution in [0.2, 0.25) is 0 Å². The van der Waals surface area contributed by atoms with Gasteiger partial charge in [0, 0.05) is 12.1 Å². The van der Waals surface area contributed by atoms with Gasteiger partial charge < -0.3 is 5.32 Å². The fourth-order valence-corrected chi connectivity index (χ4v) is 1.99. The zero-order valence-electron chi connectivity index (χ0n) is 10.1. The van der Waals surface area contributed by atoms with Crippen LogP contribution in [0.15, 0.2) is 18.2 Å². The fourth-order valence-electron chi connectivity index (χ4n) is 1.99. The maximum absolute atomic E-state index is 11.2. The summed E-state index contributed by atoms with van der Waals surface area (Å²) in [5.41, 5.74) is 3.65. The summed E-state index contributed by atoms with van der Waals surface area (Å²) in [5, 5.41) is 2.90. The summed E-state index contributed by atoms with van der Waals surface area (Å²) in [5.74, 6) is 0.125. The van der Waals surface area contributed by atoms with Crippen molar-refractivity contribution in [2.75, 3.05) is 5.32 Å². The third kappa shape index (κ3) is 2.63. The molecule has 0 aliphatic carbocycles. The molecule has 2 nitrogen and oxygen atoms in total. The smallest absolute Gasteiger partial charge is 0.224 e. The quantitative estimate of drug-likeness (QED) is 0.767. The Kier molecular flexibility index (Phi) is 2.75. The van der Waals surface area contributed by atoms with E-state index in [-0.39, 0.29) is 11.3 Å². The minimum absolute atomic E-state index is 0.125. The van der Waals surface area contributed by atoms with Crippen LogP contribution in [-0.4, -0.2) is 5.91 Å². The van der Waals surface area contributed by atoms with Crippen molar-refractivity contribution in [1.82, 2.24) is 0 Å². The molecule has 1 aliphatic rings. The average Bonchev–Trinajstić information content (AvgIpc) is 2.16. The summed E-state index contributed by atoms with van der Waals surface area (Å²) < 4.78 is 0. The number of carbonyl (C=O) groups excluding carboxylic acids is 1. The Balaban J connectivity index is 2.23. The van der Waals surface area contributed by atoms with Gasteiger partial charge in [-0.3, -0.25) is 4.79 Å². The molecule has 0 unspecified atom stereocenters. The van der Waals surface area contributed by atoms with E-state index in [1.807, 2.05) is 6.07 Å². The highest BCUT2D eigenvalue weighted by atomic mass is 16.1. The van der Waals surface area contributed by atoms with E-state index in [2.05, 4.69) is 44.6 Å². The van der Waals surface area contributed by atoms with Gasteiger partial charge in [-0.1, -0.05) is 32.9 Å². The monoisotopic (exact) mass is 216 g/mol. The molecule has 85 valence electrons. The molecule has 1 aliphatic heterocycles. The second kappa shape index (κ2) is 3.93. The van der Waals surface area contributed by atoms with Crippen LogP contribution in [0, 0.1) is 11.8 Å². The van der Waals surface area contributed by atoms with Crippen molar-refractivity contribution in [3.63, 3.8) is 0 Å². The number of anilines is 1. The highest BCUT2D eigenvalue weighted by molar-refractivity contribution is 5.93. The lowest BCUT2D eigenvalue weighted by atomic mass is 9.87. The van der Waals surface area contributed by atoms with Gasteiger partial charge >= 0.3 is 0 Å². The third-order valence-corrected chi connectivity index (χ3v) is 2.62. The molecule has 2 heteroatoms. The van der Waals surface area contributed by atoms with Crippen molar-refractivity contribution in [3.8, 4) is 0 Å². The third-order valence-electron chi connectivity index (χ3n) is 2.62. The van der Waals surface area contributed by atoms with E-state index < -0.39 is 0 Å². The Morgan fingerprint density at radius 2 is 2.00 bits per heavy atom. The Morgan fingerprint density at radius 3 is 2.69 bits per heavy atom. The standard InChI is InChI=1S/C14H18NO/c1-14(2,3)9-10-4-6-12-11(8-10)5-7-13(16)15-12/h4,6,8-9H,5,7H2,1-3H3,(H,15,16). The zero-order valence-corrected chi connectivity index (χ0v) is 10.1. The van der Waals surface area contributed by atoms with E-state index in [1.165, 1.54) is 11.1 Å². The van der Waals surface area contributed by atoms with Crippen LogP contribution < -0.4 is 5.32 Å². The lowest BCUT2D eigenvalue weighted by Crippen LogP contribution is -2.19. The molecular weight excluding hydrogens is 198 g/mol. The molecule has 0 aromatic heterocycles. The maximum Gasteiger partial charge on any atom is 0.224 e. The van der Waals surface area contributed by atoms with Gasteiger partial charge in [-0.15, -0.1) is 0 Å². The van der Waals surface area contributed by atoms with Crippen molar-refractivity contribution in [2.45, 2.75) is 33.6 Å². The van der Waals surface area contributed by atoms with Gasteiger partial charge in [-0.05, 0) is 35.4 Å². The van der Waals surface area contributed by atoms with Crippen molar-refractivity contribution < 1.29 is 4.79 Å². The number of benzene rings is 1. The summed E-state index contributed by atoms with van der Waals surface area (Å²) in [6.07, 6.45) is 3.71. The summed E-state index contributed by atoms with van der Waals surface area (Å²) in [7, 11) is 0. The van der Waals surface area contributed by atoms with Gasteiger partial charge in [0.15, 0.2) is 0 Å². The van der Waals surface area contributed by atoms with Gasteiger partial charge in [0.05, 0.1) is 0 Å². The number of amides is 1. The van der Waals surface area contributed by atoms with Crippen LogP contribution >= 0.6 is 0 Å². The Labute approximate surface area is 97.1 Å². The van der Waals surface area contributed by atoms with Gasteiger partial charge in [0.2, 0.25) is 5.91 Å². The van der Waals surface area contributed by atoms with E-state index in [0.29, 0.717) is 6.42 Å². The molecule has 1 heterocycles.